The number of hydrogen-bond donors (Lipinski definition) is 2. The van der Waals surface area contributed by atoms with Gasteiger partial charge in [0.15, 0.2) is 0 Å². The van der Waals surface area contributed by atoms with Gasteiger partial charge in [-0.2, -0.15) is 5.10 Å². The molecule has 4 aromatic rings. The number of aromatic hydroxyl groups is 1. The van der Waals surface area contributed by atoms with Crippen molar-refractivity contribution >= 4 is 33.7 Å². The van der Waals surface area contributed by atoms with Crippen LogP contribution in [0.5, 0.6) is 17.2 Å². The Balaban J connectivity index is 1.65. The van der Waals surface area contributed by atoms with E-state index in [9.17, 15) is 9.90 Å². The summed E-state index contributed by atoms with van der Waals surface area (Å²) < 4.78 is 10.8. The molecule has 4 aromatic carbocycles. The molecule has 0 aliphatic rings. The van der Waals surface area contributed by atoms with Gasteiger partial charge >= 0.3 is 0 Å². The first-order chi connectivity index (χ1) is 14.6. The molecule has 30 heavy (non-hydrogen) atoms. The number of carbonyl (C=O) groups is 1. The first-order valence-corrected chi connectivity index (χ1v) is 9.30. The molecular weight excluding hydrogens is 380 g/mol. The average molecular weight is 400 g/mol. The smallest absolute Gasteiger partial charge is 0.275 e. The van der Waals surface area contributed by atoms with E-state index in [1.165, 1.54) is 6.21 Å². The van der Waals surface area contributed by atoms with Crippen LogP contribution < -0.4 is 14.9 Å². The number of hydrazone groups is 1. The number of hydrogen-bond acceptors (Lipinski definition) is 5. The normalized spacial score (nSPS) is 11.1. The van der Waals surface area contributed by atoms with Crippen molar-refractivity contribution in [2.75, 3.05) is 14.2 Å². The lowest BCUT2D eigenvalue weighted by atomic mass is 10.0. The van der Waals surface area contributed by atoms with Crippen LogP contribution in [0.25, 0.3) is 21.5 Å². The second-order valence-corrected chi connectivity index (χ2v) is 6.68. The van der Waals surface area contributed by atoms with Crippen molar-refractivity contribution in [3.63, 3.8) is 0 Å². The molecule has 6 nitrogen and oxygen atoms in total. The number of benzene rings is 4. The van der Waals surface area contributed by atoms with E-state index in [4.69, 9.17) is 9.47 Å². The van der Waals surface area contributed by atoms with Gasteiger partial charge in [-0.1, -0.05) is 36.4 Å². The van der Waals surface area contributed by atoms with Crippen LogP contribution in [0.15, 0.2) is 71.8 Å². The number of methoxy groups -OCH3 is 2. The summed E-state index contributed by atoms with van der Waals surface area (Å²) in [6.45, 7) is 0. The standard InChI is InChI=1S/C24H20N2O4/c1-29-18-9-7-15-8-10-23(30-2)21(19(15)13-18)14-25-26-24(28)20-11-16-5-3-4-6-17(16)12-22(20)27/h3-14,27H,1-2H3,(H,26,28). The fourth-order valence-corrected chi connectivity index (χ4v) is 3.37. The van der Waals surface area contributed by atoms with Gasteiger partial charge in [0.25, 0.3) is 5.91 Å². The number of nitrogens with one attached hydrogen (secondary N) is 1. The third-order valence-electron chi connectivity index (χ3n) is 4.92. The Morgan fingerprint density at radius 3 is 2.40 bits per heavy atom. The molecule has 0 bridgehead atoms. The first-order valence-electron chi connectivity index (χ1n) is 9.30. The van der Waals surface area contributed by atoms with Crippen LogP contribution in [0.3, 0.4) is 0 Å². The third kappa shape index (κ3) is 3.63. The lowest BCUT2D eigenvalue weighted by Gasteiger charge is -2.10. The monoisotopic (exact) mass is 400 g/mol. The summed E-state index contributed by atoms with van der Waals surface area (Å²) in [4.78, 5) is 12.6. The van der Waals surface area contributed by atoms with Crippen molar-refractivity contribution in [1.29, 1.82) is 0 Å². The van der Waals surface area contributed by atoms with E-state index in [2.05, 4.69) is 10.5 Å². The number of phenolic OH excluding ortho intramolecular Hbond substituents is 1. The molecule has 0 aliphatic heterocycles. The van der Waals surface area contributed by atoms with Gasteiger partial charge in [-0.15, -0.1) is 0 Å². The van der Waals surface area contributed by atoms with Crippen molar-refractivity contribution < 1.29 is 19.4 Å². The average Bonchev–Trinajstić information content (AvgIpc) is 2.78. The topological polar surface area (TPSA) is 80.2 Å². The molecule has 0 radical (unpaired) electrons. The molecule has 0 heterocycles. The SMILES string of the molecule is COc1ccc2ccc(OC)c(C=NNC(=O)c3cc4ccccc4cc3O)c2c1. The summed E-state index contributed by atoms with van der Waals surface area (Å²) >= 11 is 0. The van der Waals surface area contributed by atoms with E-state index in [-0.39, 0.29) is 11.3 Å². The molecule has 0 atom stereocenters. The van der Waals surface area contributed by atoms with Crippen LogP contribution in [-0.4, -0.2) is 31.4 Å². The number of carbonyl (C=O) groups excluding carboxylic acids is 1. The maximum Gasteiger partial charge on any atom is 0.275 e. The molecule has 0 aromatic heterocycles. The molecule has 2 N–H and O–H groups in total. The molecule has 0 spiro atoms. The van der Waals surface area contributed by atoms with Crippen LogP contribution in [-0.2, 0) is 0 Å². The van der Waals surface area contributed by atoms with Crippen LogP contribution >= 0.6 is 0 Å². The minimum Gasteiger partial charge on any atom is -0.507 e. The van der Waals surface area contributed by atoms with Crippen molar-refractivity contribution in [2.45, 2.75) is 0 Å². The van der Waals surface area contributed by atoms with Gasteiger partial charge in [-0.3, -0.25) is 4.79 Å². The highest BCUT2D eigenvalue weighted by atomic mass is 16.5. The first kappa shape index (κ1) is 19.3. The van der Waals surface area contributed by atoms with E-state index in [0.717, 1.165) is 21.5 Å². The van der Waals surface area contributed by atoms with Crippen molar-refractivity contribution in [1.82, 2.24) is 5.43 Å². The molecule has 150 valence electrons. The Kier molecular flexibility index (Phi) is 5.22. The lowest BCUT2D eigenvalue weighted by Crippen LogP contribution is -2.17. The Hall–Kier alpha value is -4.06. The predicted molar refractivity (Wildman–Crippen MR) is 118 cm³/mol. The van der Waals surface area contributed by atoms with Crippen LogP contribution in [0.4, 0.5) is 0 Å². The van der Waals surface area contributed by atoms with Gasteiger partial charge in [0.05, 0.1) is 26.0 Å². The zero-order chi connectivity index (χ0) is 21.1. The quantitative estimate of drug-likeness (QED) is 0.382. The summed E-state index contributed by atoms with van der Waals surface area (Å²) in [6, 6.07) is 20.2. The molecule has 0 aliphatic carbocycles. The number of rotatable bonds is 5. The minimum atomic E-state index is -0.508. The number of phenols is 1. The molecule has 6 heteroatoms. The maximum absolute atomic E-state index is 12.6. The fraction of sp³-hybridized carbons (Fsp3) is 0.0833. The van der Waals surface area contributed by atoms with Gasteiger partial charge in [0.1, 0.15) is 17.2 Å². The van der Waals surface area contributed by atoms with Gasteiger partial charge < -0.3 is 14.6 Å². The molecular formula is C24H20N2O4. The summed E-state index contributed by atoms with van der Waals surface area (Å²) in [5.41, 5.74) is 3.34. The third-order valence-corrected chi connectivity index (χ3v) is 4.92. The lowest BCUT2D eigenvalue weighted by molar-refractivity contribution is 0.0952. The van der Waals surface area contributed by atoms with Gasteiger partial charge in [-0.05, 0) is 51.9 Å². The number of ether oxygens (including phenoxy) is 2. The zero-order valence-corrected chi connectivity index (χ0v) is 16.5. The highest BCUT2D eigenvalue weighted by Gasteiger charge is 2.12. The summed E-state index contributed by atoms with van der Waals surface area (Å²) in [6.07, 6.45) is 1.52. The van der Waals surface area contributed by atoms with Crippen molar-refractivity contribution in [2.24, 2.45) is 5.10 Å². The maximum atomic E-state index is 12.6. The van der Waals surface area contributed by atoms with Gasteiger partial charge in [-0.25, -0.2) is 5.43 Å². The highest BCUT2D eigenvalue weighted by Crippen LogP contribution is 2.29. The molecule has 0 unspecified atom stereocenters. The number of fused-ring (bicyclic) bond motifs is 2. The summed E-state index contributed by atoms with van der Waals surface area (Å²) in [5.74, 6) is 0.706. The Labute approximate surface area is 173 Å². The Bertz CT molecular complexity index is 1280. The molecule has 1 amide bonds. The molecule has 0 saturated heterocycles. The van der Waals surface area contributed by atoms with E-state index >= 15 is 0 Å². The predicted octanol–water partition coefficient (Wildman–Crippen LogP) is 4.48. The van der Waals surface area contributed by atoms with E-state index in [0.29, 0.717) is 17.1 Å². The van der Waals surface area contributed by atoms with E-state index in [1.54, 1.807) is 26.4 Å². The molecule has 0 saturated carbocycles. The van der Waals surface area contributed by atoms with Gasteiger partial charge in [0, 0.05) is 5.56 Å². The summed E-state index contributed by atoms with van der Waals surface area (Å²) in [5, 5.41) is 17.9. The van der Waals surface area contributed by atoms with Crippen LogP contribution in [0.1, 0.15) is 15.9 Å². The summed E-state index contributed by atoms with van der Waals surface area (Å²) in [7, 11) is 3.18. The van der Waals surface area contributed by atoms with E-state index < -0.39 is 5.91 Å². The van der Waals surface area contributed by atoms with Gasteiger partial charge in [0.2, 0.25) is 0 Å². The highest BCUT2D eigenvalue weighted by molar-refractivity contribution is 6.05. The minimum absolute atomic E-state index is 0.103. The largest absolute Gasteiger partial charge is 0.507 e. The number of amides is 1. The second kappa shape index (κ2) is 8.13. The fourth-order valence-electron chi connectivity index (χ4n) is 3.37. The van der Waals surface area contributed by atoms with Crippen LogP contribution in [0, 0.1) is 0 Å². The number of nitrogens with zero attached hydrogens (tertiary/aromatic N) is 1. The van der Waals surface area contributed by atoms with Crippen molar-refractivity contribution in [3.05, 3.63) is 77.9 Å². The molecule has 0 fully saturated rings. The zero-order valence-electron chi connectivity index (χ0n) is 16.5. The molecule has 4 rings (SSSR count). The van der Waals surface area contributed by atoms with E-state index in [1.807, 2.05) is 54.6 Å². The van der Waals surface area contributed by atoms with Crippen molar-refractivity contribution in [3.8, 4) is 17.2 Å². The van der Waals surface area contributed by atoms with Crippen LogP contribution in [0.2, 0.25) is 0 Å². The Morgan fingerprint density at radius 1 is 0.933 bits per heavy atom. The second-order valence-electron chi connectivity index (χ2n) is 6.68. The Morgan fingerprint density at radius 2 is 1.67 bits per heavy atom.